The Hall–Kier alpha value is -0.870. The number of piperidine rings is 1. The summed E-state index contributed by atoms with van der Waals surface area (Å²) in [6.45, 7) is 2.97. The smallest absolute Gasteiger partial charge is 0.319 e. The number of rotatable bonds is 2. The van der Waals surface area contributed by atoms with Gasteiger partial charge in [-0.25, -0.2) is 13.6 Å². The summed E-state index contributed by atoms with van der Waals surface area (Å²) in [5, 5.41) is 0. The number of hydrogen-bond acceptors (Lipinski definition) is 1. The van der Waals surface area contributed by atoms with Gasteiger partial charge in [-0.1, -0.05) is 6.92 Å². The van der Waals surface area contributed by atoms with Crippen LogP contribution in [0, 0.1) is 5.92 Å². The summed E-state index contributed by atoms with van der Waals surface area (Å²) in [7, 11) is 1.42. The van der Waals surface area contributed by atoms with Gasteiger partial charge >= 0.3 is 6.03 Å². The molecule has 0 N–H and O–H groups in total. The van der Waals surface area contributed by atoms with Gasteiger partial charge in [-0.3, -0.25) is 0 Å². The highest BCUT2D eigenvalue weighted by Crippen LogP contribution is 2.16. The number of nitrogens with zero attached hydrogens (tertiary/aromatic N) is 2. The molecule has 1 rings (SSSR count). The van der Waals surface area contributed by atoms with E-state index in [4.69, 9.17) is 0 Å². The van der Waals surface area contributed by atoms with Gasteiger partial charge in [0.25, 0.3) is 6.43 Å². The summed E-state index contributed by atoms with van der Waals surface area (Å²) in [4.78, 5) is 14.5. The number of carbonyl (C=O) groups excluding carboxylic acids is 1. The van der Waals surface area contributed by atoms with E-state index < -0.39 is 13.0 Å². The minimum Gasteiger partial charge on any atom is -0.324 e. The van der Waals surface area contributed by atoms with Crippen LogP contribution in [0.15, 0.2) is 0 Å². The van der Waals surface area contributed by atoms with E-state index >= 15 is 0 Å². The quantitative estimate of drug-likeness (QED) is 0.698. The van der Waals surface area contributed by atoms with Crippen LogP contribution in [0.25, 0.3) is 0 Å². The molecule has 1 aliphatic rings. The second kappa shape index (κ2) is 5.28. The largest absolute Gasteiger partial charge is 0.324 e. The van der Waals surface area contributed by atoms with Gasteiger partial charge in [-0.05, 0) is 18.8 Å². The third-order valence-electron chi connectivity index (χ3n) is 2.67. The molecule has 1 fully saturated rings. The van der Waals surface area contributed by atoms with Crippen LogP contribution >= 0.6 is 0 Å². The first-order valence-electron chi connectivity index (χ1n) is 5.29. The summed E-state index contributed by atoms with van der Waals surface area (Å²) in [5.41, 5.74) is 0. The van der Waals surface area contributed by atoms with Crippen molar-refractivity contribution < 1.29 is 13.6 Å². The lowest BCUT2D eigenvalue weighted by Gasteiger charge is -2.33. The van der Waals surface area contributed by atoms with E-state index in [2.05, 4.69) is 6.92 Å². The number of hydrogen-bond donors (Lipinski definition) is 0. The van der Waals surface area contributed by atoms with Crippen LogP contribution in [0.5, 0.6) is 0 Å². The van der Waals surface area contributed by atoms with E-state index in [1.54, 1.807) is 4.90 Å². The second-order valence-electron chi connectivity index (χ2n) is 4.25. The fourth-order valence-corrected chi connectivity index (χ4v) is 1.89. The van der Waals surface area contributed by atoms with Crippen LogP contribution in [0.1, 0.15) is 19.8 Å². The van der Waals surface area contributed by atoms with Gasteiger partial charge in [-0.2, -0.15) is 0 Å². The van der Waals surface area contributed by atoms with Crippen molar-refractivity contribution in [1.29, 1.82) is 0 Å². The molecular weight excluding hydrogens is 202 g/mol. The Kier molecular flexibility index (Phi) is 4.29. The highest BCUT2D eigenvalue weighted by atomic mass is 19.3. The molecule has 15 heavy (non-hydrogen) atoms. The molecule has 0 aromatic heterocycles. The number of likely N-dealkylation sites (tertiary alicyclic amines) is 1. The van der Waals surface area contributed by atoms with Gasteiger partial charge in [0.2, 0.25) is 0 Å². The Morgan fingerprint density at radius 2 is 2.27 bits per heavy atom. The summed E-state index contributed by atoms with van der Waals surface area (Å²) < 4.78 is 24.2. The van der Waals surface area contributed by atoms with E-state index in [0.717, 1.165) is 17.7 Å². The van der Waals surface area contributed by atoms with Crippen LogP contribution in [0.4, 0.5) is 13.6 Å². The van der Waals surface area contributed by atoms with Crippen molar-refractivity contribution in [2.24, 2.45) is 5.92 Å². The zero-order chi connectivity index (χ0) is 11.4. The average Bonchev–Trinajstić information content (AvgIpc) is 2.15. The number of alkyl halides is 2. The molecule has 0 radical (unpaired) electrons. The molecule has 0 aromatic carbocycles. The van der Waals surface area contributed by atoms with Crippen molar-refractivity contribution in [1.82, 2.24) is 9.80 Å². The summed E-state index contributed by atoms with van der Waals surface area (Å²) in [6.07, 6.45) is -0.376. The molecular formula is C10H18F2N2O. The fourth-order valence-electron chi connectivity index (χ4n) is 1.89. The summed E-state index contributed by atoms with van der Waals surface area (Å²) in [6, 6.07) is -0.276. The lowest BCUT2D eigenvalue weighted by atomic mass is 10.0. The van der Waals surface area contributed by atoms with Crippen LogP contribution in [0.3, 0.4) is 0 Å². The first-order valence-corrected chi connectivity index (χ1v) is 5.29. The van der Waals surface area contributed by atoms with E-state index in [-0.39, 0.29) is 6.03 Å². The van der Waals surface area contributed by atoms with E-state index in [1.165, 1.54) is 7.05 Å². The predicted octanol–water partition coefficient (Wildman–Crippen LogP) is 2.04. The third kappa shape index (κ3) is 3.64. The van der Waals surface area contributed by atoms with Gasteiger partial charge in [0.05, 0.1) is 6.54 Å². The monoisotopic (exact) mass is 220 g/mol. The van der Waals surface area contributed by atoms with Crippen molar-refractivity contribution in [2.75, 3.05) is 26.7 Å². The maximum Gasteiger partial charge on any atom is 0.319 e. The van der Waals surface area contributed by atoms with Crippen LogP contribution in [-0.2, 0) is 0 Å². The fraction of sp³-hybridized carbons (Fsp3) is 0.900. The van der Waals surface area contributed by atoms with Crippen molar-refractivity contribution in [3.8, 4) is 0 Å². The molecule has 0 saturated carbocycles. The maximum absolute atomic E-state index is 12.1. The maximum atomic E-state index is 12.1. The number of urea groups is 1. The summed E-state index contributed by atoms with van der Waals surface area (Å²) in [5.74, 6) is 0.475. The number of amides is 2. The molecule has 3 nitrogen and oxygen atoms in total. The zero-order valence-electron chi connectivity index (χ0n) is 9.25. The molecule has 2 amide bonds. The Bertz CT molecular complexity index is 223. The zero-order valence-corrected chi connectivity index (χ0v) is 9.25. The van der Waals surface area contributed by atoms with Gasteiger partial charge < -0.3 is 9.80 Å². The van der Waals surface area contributed by atoms with Gasteiger partial charge in [0.15, 0.2) is 0 Å². The molecule has 1 saturated heterocycles. The molecule has 0 aliphatic carbocycles. The standard InChI is InChI=1S/C10H18F2N2O/c1-8-4-3-5-14(6-8)10(15)13(2)7-9(11)12/h8-9H,3-7H2,1-2H3. The van der Waals surface area contributed by atoms with Crippen molar-refractivity contribution >= 4 is 6.03 Å². The number of carbonyl (C=O) groups is 1. The van der Waals surface area contributed by atoms with Gasteiger partial charge in [-0.15, -0.1) is 0 Å². The first-order chi connectivity index (χ1) is 7.00. The second-order valence-corrected chi connectivity index (χ2v) is 4.25. The molecule has 1 unspecified atom stereocenters. The minimum atomic E-state index is -2.46. The van der Waals surface area contributed by atoms with Crippen molar-refractivity contribution in [3.63, 3.8) is 0 Å². The van der Waals surface area contributed by atoms with E-state index in [9.17, 15) is 13.6 Å². The van der Waals surface area contributed by atoms with E-state index in [1.807, 2.05) is 0 Å². The molecule has 0 aromatic rings. The SMILES string of the molecule is CC1CCCN(C(=O)N(C)CC(F)F)C1. The molecule has 1 aliphatic heterocycles. The first kappa shape index (κ1) is 12.2. The molecule has 0 spiro atoms. The van der Waals surface area contributed by atoms with Crippen LogP contribution in [-0.4, -0.2) is 48.9 Å². The molecule has 5 heteroatoms. The van der Waals surface area contributed by atoms with E-state index in [0.29, 0.717) is 19.0 Å². The predicted molar refractivity (Wildman–Crippen MR) is 54.0 cm³/mol. The topological polar surface area (TPSA) is 23.6 Å². The van der Waals surface area contributed by atoms with Gasteiger partial charge in [0.1, 0.15) is 0 Å². The molecule has 1 atom stereocenters. The van der Waals surface area contributed by atoms with Crippen LogP contribution < -0.4 is 0 Å². The van der Waals surface area contributed by atoms with Crippen LogP contribution in [0.2, 0.25) is 0 Å². The van der Waals surface area contributed by atoms with Crippen molar-refractivity contribution in [2.45, 2.75) is 26.2 Å². The molecule has 0 bridgehead atoms. The van der Waals surface area contributed by atoms with Gasteiger partial charge in [0, 0.05) is 20.1 Å². The molecule has 1 heterocycles. The van der Waals surface area contributed by atoms with Crippen molar-refractivity contribution in [3.05, 3.63) is 0 Å². The lowest BCUT2D eigenvalue weighted by molar-refractivity contribution is 0.0882. The third-order valence-corrected chi connectivity index (χ3v) is 2.67. The number of halogens is 2. The lowest BCUT2D eigenvalue weighted by Crippen LogP contribution is -2.46. The highest BCUT2D eigenvalue weighted by molar-refractivity contribution is 5.74. The summed E-state index contributed by atoms with van der Waals surface area (Å²) >= 11 is 0. The Labute approximate surface area is 89.0 Å². The highest BCUT2D eigenvalue weighted by Gasteiger charge is 2.24. The normalized spacial score (nSPS) is 21.9. The average molecular weight is 220 g/mol. The molecule has 88 valence electrons. The Morgan fingerprint density at radius 3 is 2.80 bits per heavy atom. The Balaban J connectivity index is 2.44. The minimum absolute atomic E-state index is 0.276. The Morgan fingerprint density at radius 1 is 1.60 bits per heavy atom.